The minimum Gasteiger partial charge on any atom is -0.326 e. The number of hydrogen-bond acceptors (Lipinski definition) is 3. The van der Waals surface area contributed by atoms with Crippen molar-refractivity contribution in [3.05, 3.63) is 65.1 Å². The zero-order valence-electron chi connectivity index (χ0n) is 10.7. The van der Waals surface area contributed by atoms with Crippen LogP contribution in [0.25, 0.3) is 20.8 Å². The van der Waals surface area contributed by atoms with Crippen LogP contribution < -0.4 is 0 Å². The van der Waals surface area contributed by atoms with Crippen molar-refractivity contribution < 1.29 is 0 Å². The van der Waals surface area contributed by atoms with E-state index in [4.69, 9.17) is 0 Å². The third kappa shape index (κ3) is 1.97. The Labute approximate surface area is 125 Å². The lowest BCUT2D eigenvalue weighted by molar-refractivity contribution is 0.816. The van der Waals surface area contributed by atoms with E-state index in [1.807, 2.05) is 17.5 Å². The quantitative estimate of drug-likeness (QED) is 0.527. The van der Waals surface area contributed by atoms with Gasteiger partial charge in [0.1, 0.15) is 5.82 Å². The van der Waals surface area contributed by atoms with Crippen LogP contribution in [0.5, 0.6) is 0 Å². The van der Waals surface area contributed by atoms with Crippen LogP contribution >= 0.6 is 22.7 Å². The van der Waals surface area contributed by atoms with Gasteiger partial charge in [0.25, 0.3) is 0 Å². The summed E-state index contributed by atoms with van der Waals surface area (Å²) in [6, 6.07) is 12.8. The zero-order chi connectivity index (χ0) is 13.4. The van der Waals surface area contributed by atoms with E-state index in [0.717, 1.165) is 12.4 Å². The molecule has 0 aliphatic rings. The van der Waals surface area contributed by atoms with Crippen LogP contribution in [0.3, 0.4) is 0 Å². The maximum atomic E-state index is 4.50. The van der Waals surface area contributed by atoms with Gasteiger partial charge >= 0.3 is 0 Å². The molecule has 3 aromatic heterocycles. The van der Waals surface area contributed by atoms with Crippen LogP contribution in [-0.4, -0.2) is 9.55 Å². The van der Waals surface area contributed by atoms with E-state index in [2.05, 4.69) is 62.9 Å². The smallest absolute Gasteiger partial charge is 0.150 e. The lowest BCUT2D eigenvalue weighted by Gasteiger charge is -2.05. The fraction of sp³-hybridized carbons (Fsp3) is 0.0625. The van der Waals surface area contributed by atoms with Gasteiger partial charge < -0.3 is 4.57 Å². The summed E-state index contributed by atoms with van der Waals surface area (Å²) >= 11 is 3.54. The highest BCUT2D eigenvalue weighted by Crippen LogP contribution is 2.28. The third-order valence-electron chi connectivity index (χ3n) is 3.36. The lowest BCUT2D eigenvalue weighted by Crippen LogP contribution is -1.99. The molecule has 0 unspecified atom stereocenters. The summed E-state index contributed by atoms with van der Waals surface area (Å²) in [4.78, 5) is 5.71. The summed E-state index contributed by atoms with van der Waals surface area (Å²) in [5.74, 6) is 1.05. The first-order valence-corrected chi connectivity index (χ1v) is 8.18. The fourth-order valence-corrected chi connectivity index (χ4v) is 4.10. The summed E-state index contributed by atoms with van der Waals surface area (Å²) in [7, 11) is 0. The molecule has 1 aromatic carbocycles. The second-order valence-electron chi connectivity index (χ2n) is 4.61. The molecule has 2 nitrogen and oxygen atoms in total. The van der Waals surface area contributed by atoms with Crippen LogP contribution in [0, 0.1) is 0 Å². The Morgan fingerprint density at radius 1 is 1.05 bits per heavy atom. The van der Waals surface area contributed by atoms with Crippen molar-refractivity contribution in [2.75, 3.05) is 0 Å². The lowest BCUT2D eigenvalue weighted by atomic mass is 10.2. The first kappa shape index (κ1) is 11.9. The Morgan fingerprint density at radius 3 is 2.90 bits per heavy atom. The van der Waals surface area contributed by atoms with Gasteiger partial charge in [-0.3, -0.25) is 0 Å². The molecular weight excluding hydrogens is 284 g/mol. The molecule has 0 atom stereocenters. The van der Waals surface area contributed by atoms with E-state index in [0.29, 0.717) is 0 Å². The molecule has 4 aromatic rings. The molecule has 0 amide bonds. The van der Waals surface area contributed by atoms with Gasteiger partial charge in [-0.15, -0.1) is 22.7 Å². The van der Waals surface area contributed by atoms with Crippen LogP contribution in [0.1, 0.15) is 5.56 Å². The summed E-state index contributed by atoms with van der Waals surface area (Å²) in [5, 5.41) is 5.69. The predicted molar refractivity (Wildman–Crippen MR) is 86.5 cm³/mol. The van der Waals surface area contributed by atoms with E-state index >= 15 is 0 Å². The summed E-state index contributed by atoms with van der Waals surface area (Å²) < 4.78 is 3.57. The van der Waals surface area contributed by atoms with Crippen molar-refractivity contribution in [1.82, 2.24) is 9.55 Å². The van der Waals surface area contributed by atoms with E-state index < -0.39 is 0 Å². The minimum absolute atomic E-state index is 0.872. The second-order valence-corrected chi connectivity index (χ2v) is 6.47. The second kappa shape index (κ2) is 4.89. The first-order chi connectivity index (χ1) is 9.92. The molecule has 98 valence electrons. The monoisotopic (exact) mass is 296 g/mol. The maximum Gasteiger partial charge on any atom is 0.150 e. The molecular formula is C16H12N2S2. The van der Waals surface area contributed by atoms with E-state index in [1.54, 1.807) is 11.3 Å². The SMILES string of the molecule is c1csc(-c2nccn2Cc2csc3ccccc23)c1. The molecule has 0 fully saturated rings. The van der Waals surface area contributed by atoms with E-state index in [9.17, 15) is 0 Å². The average Bonchev–Trinajstić information content (AvgIpc) is 3.19. The van der Waals surface area contributed by atoms with E-state index in [1.165, 1.54) is 20.5 Å². The fourth-order valence-electron chi connectivity index (χ4n) is 2.41. The van der Waals surface area contributed by atoms with Gasteiger partial charge in [-0.2, -0.15) is 0 Å². The number of fused-ring (bicyclic) bond motifs is 1. The number of aromatic nitrogens is 2. The van der Waals surface area contributed by atoms with Gasteiger partial charge in [-0.25, -0.2) is 4.98 Å². The molecule has 0 spiro atoms. The largest absolute Gasteiger partial charge is 0.326 e. The molecule has 0 N–H and O–H groups in total. The van der Waals surface area contributed by atoms with Crippen molar-refractivity contribution in [3.8, 4) is 10.7 Å². The number of benzene rings is 1. The number of hydrogen-bond donors (Lipinski definition) is 0. The van der Waals surface area contributed by atoms with Crippen LogP contribution in [0.4, 0.5) is 0 Å². The third-order valence-corrected chi connectivity index (χ3v) is 5.24. The molecule has 0 saturated heterocycles. The zero-order valence-corrected chi connectivity index (χ0v) is 12.3. The number of thiophene rings is 2. The average molecular weight is 296 g/mol. The molecule has 0 saturated carbocycles. The molecule has 0 bridgehead atoms. The molecule has 0 aliphatic carbocycles. The Morgan fingerprint density at radius 2 is 2.00 bits per heavy atom. The van der Waals surface area contributed by atoms with Crippen molar-refractivity contribution in [2.24, 2.45) is 0 Å². The van der Waals surface area contributed by atoms with Crippen molar-refractivity contribution in [2.45, 2.75) is 6.54 Å². The van der Waals surface area contributed by atoms with Crippen molar-refractivity contribution in [1.29, 1.82) is 0 Å². The molecule has 3 heterocycles. The summed E-state index contributed by atoms with van der Waals surface area (Å²) in [6.45, 7) is 0.872. The highest BCUT2D eigenvalue weighted by molar-refractivity contribution is 7.17. The number of nitrogens with zero attached hydrogens (tertiary/aromatic N) is 2. The highest BCUT2D eigenvalue weighted by atomic mass is 32.1. The molecule has 0 aliphatic heterocycles. The summed E-state index contributed by atoms with van der Waals surface area (Å²) in [5.41, 5.74) is 1.36. The van der Waals surface area contributed by atoms with Crippen molar-refractivity contribution in [3.63, 3.8) is 0 Å². The van der Waals surface area contributed by atoms with Crippen LogP contribution in [0.2, 0.25) is 0 Å². The molecule has 20 heavy (non-hydrogen) atoms. The first-order valence-electron chi connectivity index (χ1n) is 6.42. The van der Waals surface area contributed by atoms with Gasteiger partial charge in [-0.1, -0.05) is 24.3 Å². The predicted octanol–water partition coefficient (Wildman–Crippen LogP) is 4.87. The molecule has 0 radical (unpaired) electrons. The maximum absolute atomic E-state index is 4.50. The topological polar surface area (TPSA) is 17.8 Å². The minimum atomic E-state index is 0.872. The van der Waals surface area contributed by atoms with Gasteiger partial charge in [-0.05, 0) is 33.8 Å². The standard InChI is InChI=1S/C16H12N2S2/c1-2-5-14-13(4-1)12(11-20-14)10-18-8-7-17-16(18)15-6-3-9-19-15/h1-9,11H,10H2. The Balaban J connectivity index is 1.75. The van der Waals surface area contributed by atoms with Gasteiger partial charge in [0, 0.05) is 17.1 Å². The highest BCUT2D eigenvalue weighted by Gasteiger charge is 2.09. The summed E-state index contributed by atoms with van der Waals surface area (Å²) in [6.07, 6.45) is 3.94. The Bertz CT molecular complexity index is 840. The normalized spacial score (nSPS) is 11.2. The Hall–Kier alpha value is -1.91. The number of imidazole rings is 1. The Kier molecular flexibility index (Phi) is 2.90. The van der Waals surface area contributed by atoms with Gasteiger partial charge in [0.2, 0.25) is 0 Å². The molecule has 4 heteroatoms. The number of rotatable bonds is 3. The van der Waals surface area contributed by atoms with Crippen LogP contribution in [-0.2, 0) is 6.54 Å². The van der Waals surface area contributed by atoms with Gasteiger partial charge in [0.15, 0.2) is 0 Å². The van der Waals surface area contributed by atoms with Gasteiger partial charge in [0.05, 0.1) is 11.4 Å². The van der Waals surface area contributed by atoms with Crippen LogP contribution in [0.15, 0.2) is 59.6 Å². The molecule has 4 rings (SSSR count). The van der Waals surface area contributed by atoms with Crippen molar-refractivity contribution >= 4 is 32.8 Å². The van der Waals surface area contributed by atoms with E-state index in [-0.39, 0.29) is 0 Å².